The standard InChI is InChI=1S/C20H17Cl2NO/c1-11(24)12-5-8-19-17(9-12)14-3-2-4-15(14)20(23-19)16-7-6-13(21)10-18(16)22/h2-3,5-10,14-15,20,23H,4H2,1H3/t14-,15-,20-/m1/s1. The molecule has 4 heteroatoms. The molecule has 1 aliphatic carbocycles. The van der Waals surface area contributed by atoms with Gasteiger partial charge in [0.25, 0.3) is 0 Å². The van der Waals surface area contributed by atoms with Crippen molar-refractivity contribution in [3.63, 3.8) is 0 Å². The molecule has 0 bridgehead atoms. The molecule has 2 nitrogen and oxygen atoms in total. The van der Waals surface area contributed by atoms with E-state index in [4.69, 9.17) is 23.2 Å². The van der Waals surface area contributed by atoms with Crippen LogP contribution >= 0.6 is 23.2 Å². The van der Waals surface area contributed by atoms with Gasteiger partial charge in [-0.25, -0.2) is 0 Å². The number of hydrogen-bond acceptors (Lipinski definition) is 2. The fraction of sp³-hybridized carbons (Fsp3) is 0.250. The van der Waals surface area contributed by atoms with Crippen LogP contribution in [-0.4, -0.2) is 5.78 Å². The van der Waals surface area contributed by atoms with Gasteiger partial charge < -0.3 is 5.32 Å². The number of rotatable bonds is 2. The molecule has 1 heterocycles. The van der Waals surface area contributed by atoms with Crippen LogP contribution in [0, 0.1) is 5.92 Å². The van der Waals surface area contributed by atoms with Crippen molar-refractivity contribution in [3.05, 3.63) is 75.3 Å². The Morgan fingerprint density at radius 2 is 1.96 bits per heavy atom. The summed E-state index contributed by atoms with van der Waals surface area (Å²) >= 11 is 12.5. The minimum absolute atomic E-state index is 0.0965. The van der Waals surface area contributed by atoms with Crippen molar-refractivity contribution in [3.8, 4) is 0 Å². The fourth-order valence-corrected chi connectivity index (χ4v) is 4.40. The molecule has 2 aromatic rings. The molecule has 0 unspecified atom stereocenters. The summed E-state index contributed by atoms with van der Waals surface area (Å²) < 4.78 is 0. The summed E-state index contributed by atoms with van der Waals surface area (Å²) in [5.74, 6) is 0.787. The lowest BCUT2D eigenvalue weighted by molar-refractivity contribution is 0.101. The third-order valence-corrected chi connectivity index (χ3v) is 5.63. The van der Waals surface area contributed by atoms with Gasteiger partial charge in [-0.05, 0) is 60.7 Å². The highest BCUT2D eigenvalue weighted by Crippen LogP contribution is 2.51. The van der Waals surface area contributed by atoms with E-state index in [1.165, 1.54) is 5.56 Å². The van der Waals surface area contributed by atoms with Crippen LogP contribution < -0.4 is 5.32 Å². The van der Waals surface area contributed by atoms with Crippen molar-refractivity contribution in [2.75, 3.05) is 5.32 Å². The molecular formula is C20H17Cl2NO. The molecule has 3 atom stereocenters. The fourth-order valence-electron chi connectivity index (χ4n) is 3.87. The average molecular weight is 358 g/mol. The van der Waals surface area contributed by atoms with Gasteiger partial charge in [0.1, 0.15) is 0 Å². The van der Waals surface area contributed by atoms with Crippen molar-refractivity contribution in [1.29, 1.82) is 0 Å². The van der Waals surface area contributed by atoms with Crippen LogP contribution in [0.2, 0.25) is 10.0 Å². The third kappa shape index (κ3) is 2.54. The van der Waals surface area contributed by atoms with Crippen LogP contribution in [0.15, 0.2) is 48.6 Å². The zero-order chi connectivity index (χ0) is 16.8. The van der Waals surface area contributed by atoms with Crippen LogP contribution in [0.25, 0.3) is 0 Å². The van der Waals surface area contributed by atoms with Crippen LogP contribution in [-0.2, 0) is 0 Å². The van der Waals surface area contributed by atoms with Crippen LogP contribution in [0.1, 0.15) is 46.8 Å². The Bertz CT molecular complexity index is 859. The Balaban J connectivity index is 1.79. The normalized spacial score (nSPS) is 24.2. The van der Waals surface area contributed by atoms with Gasteiger partial charge in [0, 0.05) is 27.2 Å². The molecule has 0 saturated heterocycles. The first kappa shape index (κ1) is 15.7. The van der Waals surface area contributed by atoms with Gasteiger partial charge in [-0.1, -0.05) is 41.4 Å². The molecule has 24 heavy (non-hydrogen) atoms. The number of halogens is 2. The predicted octanol–water partition coefficient (Wildman–Crippen LogP) is 6.02. The van der Waals surface area contributed by atoms with Gasteiger partial charge in [-0.2, -0.15) is 0 Å². The molecule has 0 saturated carbocycles. The van der Waals surface area contributed by atoms with Crippen molar-refractivity contribution in [1.82, 2.24) is 0 Å². The Kier molecular flexibility index (Phi) is 3.90. The van der Waals surface area contributed by atoms with Crippen molar-refractivity contribution < 1.29 is 4.79 Å². The highest BCUT2D eigenvalue weighted by molar-refractivity contribution is 6.35. The second kappa shape index (κ2) is 5.94. The Morgan fingerprint density at radius 3 is 2.71 bits per heavy atom. The van der Waals surface area contributed by atoms with Crippen molar-refractivity contribution >= 4 is 34.7 Å². The van der Waals surface area contributed by atoms with Gasteiger partial charge >= 0.3 is 0 Å². The van der Waals surface area contributed by atoms with E-state index in [1.54, 1.807) is 13.0 Å². The van der Waals surface area contributed by atoms with E-state index in [-0.39, 0.29) is 11.8 Å². The summed E-state index contributed by atoms with van der Waals surface area (Å²) in [6.45, 7) is 1.61. The van der Waals surface area contributed by atoms with E-state index in [9.17, 15) is 4.79 Å². The van der Waals surface area contributed by atoms with Gasteiger partial charge in [0.05, 0.1) is 6.04 Å². The molecule has 122 valence electrons. The largest absolute Gasteiger partial charge is 0.378 e. The minimum Gasteiger partial charge on any atom is -0.378 e. The molecule has 0 amide bonds. The number of benzene rings is 2. The summed E-state index contributed by atoms with van der Waals surface area (Å²) in [6, 6.07) is 11.7. The molecule has 4 rings (SSSR count). The Labute approximate surface area is 151 Å². The number of anilines is 1. The topological polar surface area (TPSA) is 29.1 Å². The van der Waals surface area contributed by atoms with Gasteiger partial charge in [-0.15, -0.1) is 0 Å². The van der Waals surface area contributed by atoms with E-state index in [1.807, 2.05) is 30.3 Å². The quantitative estimate of drug-likeness (QED) is 0.525. The number of carbonyl (C=O) groups is 1. The maximum absolute atomic E-state index is 11.7. The number of fused-ring (bicyclic) bond motifs is 3. The lowest BCUT2D eigenvalue weighted by Crippen LogP contribution is -2.29. The smallest absolute Gasteiger partial charge is 0.159 e. The highest BCUT2D eigenvalue weighted by atomic mass is 35.5. The summed E-state index contributed by atoms with van der Waals surface area (Å²) in [6.07, 6.45) is 5.47. The number of ketones is 1. The Hall–Kier alpha value is -1.77. The number of allylic oxidation sites excluding steroid dienone is 2. The van der Waals surface area contributed by atoms with E-state index >= 15 is 0 Å². The third-order valence-electron chi connectivity index (χ3n) is 5.07. The zero-order valence-electron chi connectivity index (χ0n) is 13.2. The van der Waals surface area contributed by atoms with E-state index in [0.717, 1.165) is 23.2 Å². The molecule has 2 aliphatic rings. The van der Waals surface area contributed by atoms with Crippen LogP contribution in [0.5, 0.6) is 0 Å². The first-order chi connectivity index (χ1) is 11.5. The number of hydrogen-bond donors (Lipinski definition) is 1. The van der Waals surface area contributed by atoms with E-state index < -0.39 is 0 Å². The second-order valence-corrected chi connectivity index (χ2v) is 7.34. The molecule has 1 aliphatic heterocycles. The first-order valence-corrected chi connectivity index (χ1v) is 8.83. The SMILES string of the molecule is CC(=O)c1ccc2c(c1)[C@@H]1C=CC[C@H]1[C@H](c1ccc(Cl)cc1Cl)N2. The first-order valence-electron chi connectivity index (χ1n) is 8.07. The molecule has 0 spiro atoms. The molecular weight excluding hydrogens is 341 g/mol. The zero-order valence-corrected chi connectivity index (χ0v) is 14.7. The highest BCUT2D eigenvalue weighted by Gasteiger charge is 2.38. The van der Waals surface area contributed by atoms with Gasteiger partial charge in [-0.3, -0.25) is 4.79 Å². The van der Waals surface area contributed by atoms with Crippen LogP contribution in [0.4, 0.5) is 5.69 Å². The van der Waals surface area contributed by atoms with Gasteiger partial charge in [0.15, 0.2) is 5.78 Å². The lowest BCUT2D eigenvalue weighted by atomic mass is 9.76. The van der Waals surface area contributed by atoms with Crippen molar-refractivity contribution in [2.24, 2.45) is 5.92 Å². The van der Waals surface area contributed by atoms with E-state index in [2.05, 4.69) is 17.5 Å². The molecule has 0 radical (unpaired) electrons. The second-order valence-electron chi connectivity index (χ2n) is 6.50. The molecule has 2 aromatic carbocycles. The van der Waals surface area contributed by atoms with Crippen molar-refractivity contribution in [2.45, 2.75) is 25.3 Å². The monoisotopic (exact) mass is 357 g/mol. The molecule has 1 N–H and O–H groups in total. The molecule has 0 fully saturated rings. The minimum atomic E-state index is 0.0965. The van der Waals surface area contributed by atoms with Crippen LogP contribution in [0.3, 0.4) is 0 Å². The lowest BCUT2D eigenvalue weighted by Gasteiger charge is -2.38. The number of Topliss-reactive ketones (excluding diaryl/α,β-unsaturated/α-hetero) is 1. The average Bonchev–Trinajstić information content (AvgIpc) is 3.04. The summed E-state index contributed by atoms with van der Waals surface area (Å²) in [5.41, 5.74) is 4.10. The maximum Gasteiger partial charge on any atom is 0.159 e. The summed E-state index contributed by atoms with van der Waals surface area (Å²) in [4.78, 5) is 11.7. The Morgan fingerprint density at radius 1 is 1.12 bits per heavy atom. The summed E-state index contributed by atoms with van der Waals surface area (Å²) in [7, 11) is 0. The predicted molar refractivity (Wildman–Crippen MR) is 99.3 cm³/mol. The number of nitrogens with one attached hydrogen (secondary N) is 1. The summed E-state index contributed by atoms with van der Waals surface area (Å²) in [5, 5.41) is 4.97. The van der Waals surface area contributed by atoms with Gasteiger partial charge in [0.2, 0.25) is 0 Å². The number of carbonyl (C=O) groups excluding carboxylic acids is 1. The van der Waals surface area contributed by atoms with E-state index in [0.29, 0.717) is 21.9 Å². The molecule has 0 aromatic heterocycles. The maximum atomic E-state index is 11.7.